The molecule has 3 heterocycles. The van der Waals surface area contributed by atoms with Gasteiger partial charge < -0.3 is 20.3 Å². The van der Waals surface area contributed by atoms with Crippen molar-refractivity contribution in [3.63, 3.8) is 0 Å². The number of hydrogen-bond donors (Lipinski definition) is 3. The van der Waals surface area contributed by atoms with Gasteiger partial charge in [0.05, 0.1) is 28.8 Å². The van der Waals surface area contributed by atoms with Gasteiger partial charge in [0.15, 0.2) is 17.3 Å². The van der Waals surface area contributed by atoms with E-state index in [4.69, 9.17) is 4.74 Å². The summed E-state index contributed by atoms with van der Waals surface area (Å²) in [5.41, 5.74) is 0.231. The van der Waals surface area contributed by atoms with E-state index >= 15 is 0 Å². The van der Waals surface area contributed by atoms with Crippen molar-refractivity contribution in [3.8, 4) is 11.5 Å². The maximum absolute atomic E-state index is 14.2. The summed E-state index contributed by atoms with van der Waals surface area (Å²) in [6, 6.07) is 4.55. The number of aromatic hydroxyl groups is 1. The average Bonchev–Trinajstić information content (AvgIpc) is 3.56. The third-order valence-electron chi connectivity index (χ3n) is 9.10. The molecule has 1 aromatic heterocycles. The van der Waals surface area contributed by atoms with Crippen LogP contribution in [0.15, 0.2) is 30.6 Å². The van der Waals surface area contributed by atoms with Gasteiger partial charge in [-0.25, -0.2) is 4.39 Å². The lowest BCUT2D eigenvalue weighted by Gasteiger charge is -2.64. The number of ether oxygens (including phenoxy) is 1. The number of rotatable bonds is 4. The van der Waals surface area contributed by atoms with Crippen molar-refractivity contribution in [2.75, 3.05) is 13.1 Å². The molecular weight excluding hydrogens is 437 g/mol. The van der Waals surface area contributed by atoms with Crippen LogP contribution in [0, 0.1) is 11.7 Å². The average molecular weight is 466 g/mol. The minimum atomic E-state index is -1.01. The van der Waals surface area contributed by atoms with Crippen LogP contribution in [0.4, 0.5) is 4.39 Å². The lowest BCUT2D eigenvalue weighted by atomic mass is 9.48. The first-order valence-corrected chi connectivity index (χ1v) is 12.3. The molecule has 178 valence electrons. The molecule has 1 unspecified atom stereocenters. The molecule has 8 heteroatoms. The summed E-state index contributed by atoms with van der Waals surface area (Å²) in [6.07, 6.45) is 6.84. The maximum Gasteiger partial charge on any atom is 0.254 e. The van der Waals surface area contributed by atoms with Crippen LogP contribution in [0.5, 0.6) is 11.5 Å². The van der Waals surface area contributed by atoms with E-state index in [-0.39, 0.29) is 17.4 Å². The number of nitrogens with one attached hydrogen (secondary N) is 1. The van der Waals surface area contributed by atoms with Crippen LogP contribution >= 0.6 is 0 Å². The Kier molecular flexibility index (Phi) is 4.20. The smallest absolute Gasteiger partial charge is 0.254 e. The second kappa shape index (κ2) is 6.92. The fourth-order valence-electron chi connectivity index (χ4n) is 7.43. The number of carbonyl (C=O) groups is 1. The fourth-order valence-corrected chi connectivity index (χ4v) is 7.43. The van der Waals surface area contributed by atoms with Gasteiger partial charge in [-0.3, -0.25) is 14.7 Å². The highest BCUT2D eigenvalue weighted by Gasteiger charge is 2.73. The lowest BCUT2D eigenvalue weighted by molar-refractivity contribution is -0.191. The number of hydrogen-bond acceptors (Lipinski definition) is 6. The number of amides is 1. The van der Waals surface area contributed by atoms with Crippen LogP contribution in [-0.4, -0.2) is 62.9 Å². The van der Waals surface area contributed by atoms with Crippen LogP contribution in [0.3, 0.4) is 0 Å². The number of benzene rings is 1. The number of piperidine rings is 1. The van der Waals surface area contributed by atoms with Gasteiger partial charge in [0, 0.05) is 24.3 Å². The van der Waals surface area contributed by atoms with Gasteiger partial charge in [0.25, 0.3) is 5.91 Å². The van der Waals surface area contributed by atoms with Crippen LogP contribution in [0.2, 0.25) is 0 Å². The molecule has 0 radical (unpaired) electrons. The summed E-state index contributed by atoms with van der Waals surface area (Å²) in [5, 5.41) is 26.1. The molecule has 5 aliphatic rings. The number of nitrogens with zero attached hydrogens (tertiary/aromatic N) is 2. The summed E-state index contributed by atoms with van der Waals surface area (Å²) in [6.45, 7) is 1.86. The van der Waals surface area contributed by atoms with Crippen LogP contribution in [-0.2, 0) is 11.8 Å². The Labute approximate surface area is 196 Å². The molecule has 1 spiro atoms. The predicted molar refractivity (Wildman–Crippen MR) is 120 cm³/mol. The predicted octanol–water partition coefficient (Wildman–Crippen LogP) is 2.29. The minimum absolute atomic E-state index is 0.0229. The van der Waals surface area contributed by atoms with E-state index < -0.39 is 34.9 Å². The van der Waals surface area contributed by atoms with Gasteiger partial charge in [-0.15, -0.1) is 0 Å². The van der Waals surface area contributed by atoms with Gasteiger partial charge in [-0.05, 0) is 68.7 Å². The SMILES string of the molecule is O=C(N[C@@H]1CC[C@@]2(O)[C@H]3Cc4ccc(O)c5c4C2(CCN3CC2CC2)[C@H]1O5)c1ccncc1F. The molecule has 3 fully saturated rings. The van der Waals surface area contributed by atoms with Gasteiger partial charge in [-0.1, -0.05) is 6.07 Å². The van der Waals surface area contributed by atoms with Crippen molar-refractivity contribution >= 4 is 5.91 Å². The zero-order chi connectivity index (χ0) is 23.2. The number of phenolic OH excluding ortho intramolecular Hbond substituents is 1. The molecule has 2 bridgehead atoms. The van der Waals surface area contributed by atoms with Crippen molar-refractivity contribution < 1.29 is 24.1 Å². The van der Waals surface area contributed by atoms with E-state index in [1.807, 2.05) is 6.07 Å². The number of likely N-dealkylation sites (tertiary alicyclic amines) is 1. The van der Waals surface area contributed by atoms with Crippen LogP contribution < -0.4 is 10.1 Å². The summed E-state index contributed by atoms with van der Waals surface area (Å²) in [5.74, 6) is 0.0256. The molecule has 3 N–H and O–H groups in total. The van der Waals surface area contributed by atoms with Gasteiger partial charge in [0.1, 0.15) is 6.10 Å². The summed E-state index contributed by atoms with van der Waals surface area (Å²) < 4.78 is 20.7. The number of pyridine rings is 1. The molecule has 1 saturated heterocycles. The lowest BCUT2D eigenvalue weighted by Crippen LogP contribution is -2.78. The van der Waals surface area contributed by atoms with Gasteiger partial charge in [-0.2, -0.15) is 0 Å². The molecule has 7 rings (SSSR count). The summed E-state index contributed by atoms with van der Waals surface area (Å²) >= 11 is 0. The van der Waals surface area contributed by atoms with Gasteiger partial charge in [0.2, 0.25) is 0 Å². The third-order valence-corrected chi connectivity index (χ3v) is 9.10. The zero-order valence-electron chi connectivity index (χ0n) is 18.8. The molecule has 3 aliphatic carbocycles. The number of halogens is 1. The van der Waals surface area contributed by atoms with Crippen molar-refractivity contribution in [2.45, 2.75) is 67.7 Å². The maximum atomic E-state index is 14.2. The Balaban J connectivity index is 1.30. The zero-order valence-corrected chi connectivity index (χ0v) is 18.8. The van der Waals surface area contributed by atoms with Gasteiger partial charge >= 0.3 is 0 Å². The number of aromatic nitrogens is 1. The van der Waals surface area contributed by atoms with E-state index in [0.29, 0.717) is 25.0 Å². The molecule has 7 nitrogen and oxygen atoms in total. The first kappa shape index (κ1) is 20.6. The Bertz CT molecular complexity index is 1200. The first-order chi connectivity index (χ1) is 16.4. The van der Waals surface area contributed by atoms with E-state index in [0.717, 1.165) is 42.8 Å². The second-order valence-electron chi connectivity index (χ2n) is 10.8. The van der Waals surface area contributed by atoms with Crippen LogP contribution in [0.1, 0.15) is 53.6 Å². The highest BCUT2D eigenvalue weighted by molar-refractivity contribution is 5.94. The monoisotopic (exact) mass is 465 g/mol. The number of aliphatic hydroxyl groups is 1. The van der Waals surface area contributed by atoms with E-state index in [2.05, 4.69) is 15.2 Å². The second-order valence-corrected chi connectivity index (χ2v) is 10.8. The molecule has 2 aliphatic heterocycles. The summed E-state index contributed by atoms with van der Waals surface area (Å²) in [4.78, 5) is 19.2. The van der Waals surface area contributed by atoms with E-state index in [9.17, 15) is 19.4 Å². The standard InChI is InChI=1S/C26H28FN3O4/c27-17-12-28-9-6-16(17)24(32)29-18-5-7-26(33)20-11-15-3-4-19(31)22-21(15)25(26,23(18)34-22)8-10-30(20)13-14-1-2-14/h3-4,6,9,12,14,18,20,23,31,33H,1-2,5,7-8,10-11,13H2,(H,29,32)/t18-,20-,23+,25?,26-/m1/s1. The highest BCUT2D eigenvalue weighted by Crippen LogP contribution is 2.65. The Morgan fingerprint density at radius 1 is 1.26 bits per heavy atom. The number of phenols is 1. The minimum Gasteiger partial charge on any atom is -0.504 e. The molecular formula is C26H28FN3O4. The Hall–Kier alpha value is -2.71. The number of carbonyl (C=O) groups excluding carboxylic acids is 1. The van der Waals surface area contributed by atoms with Crippen molar-refractivity contribution in [2.24, 2.45) is 5.92 Å². The molecule has 2 aromatic rings. The molecule has 1 aromatic carbocycles. The molecule has 2 saturated carbocycles. The molecule has 1 amide bonds. The van der Waals surface area contributed by atoms with Crippen molar-refractivity contribution in [1.82, 2.24) is 15.2 Å². The molecule has 34 heavy (non-hydrogen) atoms. The normalized spacial score (nSPS) is 35.4. The quantitative estimate of drug-likeness (QED) is 0.642. The fraction of sp³-hybridized carbons (Fsp3) is 0.538. The Morgan fingerprint density at radius 2 is 2.12 bits per heavy atom. The first-order valence-electron chi connectivity index (χ1n) is 12.3. The van der Waals surface area contributed by atoms with E-state index in [1.165, 1.54) is 25.1 Å². The Morgan fingerprint density at radius 3 is 2.91 bits per heavy atom. The van der Waals surface area contributed by atoms with E-state index in [1.54, 1.807) is 6.07 Å². The van der Waals surface area contributed by atoms with Crippen molar-refractivity contribution in [3.05, 3.63) is 53.1 Å². The van der Waals surface area contributed by atoms with Crippen molar-refractivity contribution in [1.29, 1.82) is 0 Å². The van der Waals surface area contributed by atoms with Crippen LogP contribution in [0.25, 0.3) is 0 Å². The molecule has 5 atom stereocenters. The third kappa shape index (κ3) is 2.58. The summed E-state index contributed by atoms with van der Waals surface area (Å²) in [7, 11) is 0. The highest BCUT2D eigenvalue weighted by atomic mass is 19.1. The largest absolute Gasteiger partial charge is 0.504 e. The topological polar surface area (TPSA) is 94.9 Å².